The lowest BCUT2D eigenvalue weighted by Gasteiger charge is -2.18. The van der Waals surface area contributed by atoms with Gasteiger partial charge in [0.2, 0.25) is 0 Å². The van der Waals surface area contributed by atoms with Crippen molar-refractivity contribution < 1.29 is 9.59 Å². The molecule has 1 aliphatic carbocycles. The highest BCUT2D eigenvalue weighted by molar-refractivity contribution is 6.25. The minimum absolute atomic E-state index is 0.105. The number of fused-ring (bicyclic) bond motifs is 1. The van der Waals surface area contributed by atoms with Gasteiger partial charge in [-0.15, -0.1) is 0 Å². The molecule has 0 spiro atoms. The quantitative estimate of drug-likeness (QED) is 0.863. The molecular formula is C19H18N2O2. The topological polar surface area (TPSA) is 59.1 Å². The number of rotatable bonds is 5. The van der Waals surface area contributed by atoms with Gasteiger partial charge in [0.05, 0.1) is 5.57 Å². The summed E-state index contributed by atoms with van der Waals surface area (Å²) in [5.41, 5.74) is 4.01. The van der Waals surface area contributed by atoms with Crippen LogP contribution >= 0.6 is 0 Å². The van der Waals surface area contributed by atoms with E-state index in [1.807, 2.05) is 43.4 Å². The zero-order chi connectivity index (χ0) is 16.2. The molecule has 0 amide bonds. The van der Waals surface area contributed by atoms with Gasteiger partial charge in [0.25, 0.3) is 0 Å². The monoisotopic (exact) mass is 306 g/mol. The predicted octanol–water partition coefficient (Wildman–Crippen LogP) is 2.83. The van der Waals surface area contributed by atoms with E-state index in [1.165, 1.54) is 0 Å². The van der Waals surface area contributed by atoms with Gasteiger partial charge in [-0.1, -0.05) is 18.2 Å². The van der Waals surface area contributed by atoms with Crippen molar-refractivity contribution in [2.45, 2.75) is 19.3 Å². The minimum atomic E-state index is -0.110. The third kappa shape index (κ3) is 3.21. The summed E-state index contributed by atoms with van der Waals surface area (Å²) in [7, 11) is 1.83. The molecule has 1 aliphatic rings. The van der Waals surface area contributed by atoms with E-state index >= 15 is 0 Å². The normalized spacial score (nSPS) is 13.3. The van der Waals surface area contributed by atoms with E-state index in [4.69, 9.17) is 0 Å². The number of hydrogen-bond acceptors (Lipinski definition) is 4. The molecule has 1 heterocycles. The van der Waals surface area contributed by atoms with Gasteiger partial charge < -0.3 is 5.32 Å². The molecular weight excluding hydrogens is 288 g/mol. The average molecular weight is 306 g/mol. The predicted molar refractivity (Wildman–Crippen MR) is 90.2 cm³/mol. The Morgan fingerprint density at radius 3 is 2.83 bits per heavy atom. The molecule has 1 N–H and O–H groups in total. The number of aryl methyl sites for hydroxylation is 1. The highest BCUT2D eigenvalue weighted by Crippen LogP contribution is 2.28. The number of ketones is 2. The summed E-state index contributed by atoms with van der Waals surface area (Å²) in [6.45, 7) is 0. The first kappa shape index (κ1) is 15.2. The van der Waals surface area contributed by atoms with Gasteiger partial charge in [0.15, 0.2) is 11.6 Å². The number of nitrogens with zero attached hydrogens (tertiary/aromatic N) is 1. The first-order chi connectivity index (χ1) is 11.2. The molecule has 0 unspecified atom stereocenters. The van der Waals surface area contributed by atoms with Crippen molar-refractivity contribution in [2.75, 3.05) is 12.4 Å². The van der Waals surface area contributed by atoms with Crippen molar-refractivity contribution in [3.8, 4) is 0 Å². The summed E-state index contributed by atoms with van der Waals surface area (Å²) < 4.78 is 0. The van der Waals surface area contributed by atoms with Crippen LogP contribution in [0.4, 0.5) is 5.69 Å². The number of carbonyl (C=O) groups excluding carboxylic acids is 2. The summed E-state index contributed by atoms with van der Waals surface area (Å²) in [4.78, 5) is 29.0. The SMILES string of the molecule is CNc1cccc2c1CC(=O)C(C(=O)CCc1ccccn1)=C2. The molecule has 0 aliphatic heterocycles. The number of carbonyl (C=O) groups is 2. The Labute approximate surface area is 135 Å². The van der Waals surface area contributed by atoms with E-state index in [0.717, 1.165) is 22.5 Å². The molecule has 0 saturated carbocycles. The van der Waals surface area contributed by atoms with Crippen LogP contribution in [0, 0.1) is 0 Å². The Hall–Kier alpha value is -2.75. The second kappa shape index (κ2) is 6.57. The molecule has 3 rings (SSSR count). The number of aromatic nitrogens is 1. The van der Waals surface area contributed by atoms with Crippen molar-refractivity contribution >= 4 is 23.3 Å². The van der Waals surface area contributed by atoms with Gasteiger partial charge in [0.1, 0.15) is 0 Å². The number of benzene rings is 1. The van der Waals surface area contributed by atoms with Crippen molar-refractivity contribution in [1.29, 1.82) is 0 Å². The third-order valence-electron chi connectivity index (χ3n) is 4.05. The van der Waals surface area contributed by atoms with Crippen LogP contribution in [0.2, 0.25) is 0 Å². The van der Waals surface area contributed by atoms with Crippen LogP contribution in [0.15, 0.2) is 48.2 Å². The van der Waals surface area contributed by atoms with Crippen LogP contribution in [0.25, 0.3) is 6.08 Å². The molecule has 1 aromatic heterocycles. The van der Waals surface area contributed by atoms with Crippen molar-refractivity contribution in [3.63, 3.8) is 0 Å². The second-order valence-corrected chi connectivity index (χ2v) is 5.53. The highest BCUT2D eigenvalue weighted by atomic mass is 16.1. The van der Waals surface area contributed by atoms with Crippen LogP contribution in [-0.4, -0.2) is 23.6 Å². The fourth-order valence-corrected chi connectivity index (χ4v) is 2.82. The summed E-state index contributed by atoms with van der Waals surface area (Å²) in [6, 6.07) is 11.4. The first-order valence-corrected chi connectivity index (χ1v) is 7.66. The van der Waals surface area contributed by atoms with Crippen LogP contribution in [-0.2, 0) is 22.4 Å². The molecule has 2 aromatic rings. The molecule has 0 saturated heterocycles. The molecule has 116 valence electrons. The summed E-state index contributed by atoms with van der Waals surface area (Å²) in [5.74, 6) is -0.215. The van der Waals surface area contributed by atoms with Gasteiger partial charge in [-0.3, -0.25) is 14.6 Å². The Kier molecular flexibility index (Phi) is 4.33. The summed E-state index contributed by atoms with van der Waals surface area (Å²) >= 11 is 0. The van der Waals surface area contributed by atoms with E-state index in [9.17, 15) is 9.59 Å². The Morgan fingerprint density at radius 1 is 1.22 bits per heavy atom. The maximum absolute atomic E-state index is 12.4. The van der Waals surface area contributed by atoms with E-state index in [-0.39, 0.29) is 18.0 Å². The maximum atomic E-state index is 12.4. The molecule has 0 radical (unpaired) electrons. The molecule has 1 aromatic carbocycles. The largest absolute Gasteiger partial charge is 0.388 e. The Bertz CT molecular complexity index is 779. The number of allylic oxidation sites excluding steroid dienone is 1. The molecule has 23 heavy (non-hydrogen) atoms. The number of Topliss-reactive ketones (excluding diaryl/α,β-unsaturated/α-hetero) is 2. The van der Waals surface area contributed by atoms with E-state index < -0.39 is 0 Å². The fraction of sp³-hybridized carbons (Fsp3) is 0.211. The molecule has 0 atom stereocenters. The van der Waals surface area contributed by atoms with Crippen molar-refractivity contribution in [2.24, 2.45) is 0 Å². The van der Waals surface area contributed by atoms with Crippen LogP contribution < -0.4 is 5.32 Å². The van der Waals surface area contributed by atoms with E-state index in [1.54, 1.807) is 12.3 Å². The average Bonchev–Trinajstić information content (AvgIpc) is 2.59. The maximum Gasteiger partial charge on any atom is 0.170 e. The summed E-state index contributed by atoms with van der Waals surface area (Å²) in [5, 5.41) is 3.09. The van der Waals surface area contributed by atoms with Gasteiger partial charge in [-0.05, 0) is 41.8 Å². The smallest absolute Gasteiger partial charge is 0.170 e. The van der Waals surface area contributed by atoms with Crippen molar-refractivity contribution in [1.82, 2.24) is 4.98 Å². The minimum Gasteiger partial charge on any atom is -0.388 e. The van der Waals surface area contributed by atoms with Gasteiger partial charge in [-0.25, -0.2) is 0 Å². The number of pyridine rings is 1. The van der Waals surface area contributed by atoms with Crippen molar-refractivity contribution in [3.05, 3.63) is 65.0 Å². The van der Waals surface area contributed by atoms with Gasteiger partial charge >= 0.3 is 0 Å². The lowest BCUT2D eigenvalue weighted by Crippen LogP contribution is -2.20. The van der Waals surface area contributed by atoms with Crippen LogP contribution in [0.5, 0.6) is 0 Å². The Morgan fingerprint density at radius 2 is 2.09 bits per heavy atom. The third-order valence-corrected chi connectivity index (χ3v) is 4.05. The Balaban J connectivity index is 1.80. The molecule has 0 bridgehead atoms. The van der Waals surface area contributed by atoms with E-state index in [0.29, 0.717) is 18.4 Å². The lowest BCUT2D eigenvalue weighted by atomic mass is 9.87. The standard InChI is InChI=1S/C19H18N2O2/c1-20-17-7-4-5-13-11-16(19(23)12-15(13)17)18(22)9-8-14-6-2-3-10-21-14/h2-7,10-11,20H,8-9,12H2,1H3. The van der Waals surface area contributed by atoms with Crippen LogP contribution in [0.1, 0.15) is 23.2 Å². The zero-order valence-corrected chi connectivity index (χ0v) is 13.0. The number of nitrogens with one attached hydrogen (secondary N) is 1. The summed E-state index contributed by atoms with van der Waals surface area (Å²) in [6.07, 6.45) is 4.56. The van der Waals surface area contributed by atoms with Crippen LogP contribution in [0.3, 0.4) is 0 Å². The van der Waals surface area contributed by atoms with E-state index in [2.05, 4.69) is 10.3 Å². The molecule has 0 fully saturated rings. The van der Waals surface area contributed by atoms with Gasteiger partial charge in [-0.2, -0.15) is 0 Å². The van der Waals surface area contributed by atoms with Gasteiger partial charge in [0, 0.05) is 37.5 Å². The molecule has 4 heteroatoms. The fourth-order valence-electron chi connectivity index (χ4n) is 2.82. The molecule has 4 nitrogen and oxygen atoms in total. The highest BCUT2D eigenvalue weighted by Gasteiger charge is 2.25. The zero-order valence-electron chi connectivity index (χ0n) is 13.0. The second-order valence-electron chi connectivity index (χ2n) is 5.53. The number of hydrogen-bond donors (Lipinski definition) is 1. The number of anilines is 1. The first-order valence-electron chi connectivity index (χ1n) is 7.66. The lowest BCUT2D eigenvalue weighted by molar-refractivity contribution is -0.121.